The molecule has 1 aliphatic rings. The Bertz CT molecular complexity index is 1140. The molecular formula is C24H21N5O. The van der Waals surface area contributed by atoms with Gasteiger partial charge in [-0.05, 0) is 36.1 Å². The summed E-state index contributed by atoms with van der Waals surface area (Å²) in [5, 5.41) is 4.06. The zero-order valence-electron chi connectivity index (χ0n) is 16.4. The Morgan fingerprint density at radius 1 is 1.03 bits per heavy atom. The molecule has 0 fully saturated rings. The van der Waals surface area contributed by atoms with Crippen LogP contribution in [0.5, 0.6) is 0 Å². The van der Waals surface area contributed by atoms with Gasteiger partial charge in [0.1, 0.15) is 5.69 Å². The van der Waals surface area contributed by atoms with Gasteiger partial charge in [0.05, 0.1) is 17.4 Å². The van der Waals surface area contributed by atoms with Crippen molar-refractivity contribution in [3.05, 3.63) is 90.9 Å². The van der Waals surface area contributed by atoms with E-state index < -0.39 is 0 Å². The SMILES string of the molecule is C1=CC(Cc2ccccc2)CN(c2cncc(-c3nc(-c4ccccn4)no3)c2)C1. The van der Waals surface area contributed by atoms with E-state index in [1.807, 2.05) is 24.4 Å². The second-order valence-corrected chi connectivity index (χ2v) is 7.35. The third kappa shape index (κ3) is 3.98. The first-order valence-corrected chi connectivity index (χ1v) is 10.0. The highest BCUT2D eigenvalue weighted by Gasteiger charge is 2.18. The van der Waals surface area contributed by atoms with Gasteiger partial charge in [0, 0.05) is 25.5 Å². The summed E-state index contributed by atoms with van der Waals surface area (Å²) in [5.74, 6) is 1.38. The quantitative estimate of drug-likeness (QED) is 0.466. The third-order valence-electron chi connectivity index (χ3n) is 5.19. The fourth-order valence-corrected chi connectivity index (χ4v) is 3.72. The maximum Gasteiger partial charge on any atom is 0.259 e. The van der Waals surface area contributed by atoms with E-state index in [0.717, 1.165) is 30.8 Å². The van der Waals surface area contributed by atoms with Gasteiger partial charge in [0.25, 0.3) is 5.89 Å². The first kappa shape index (κ1) is 18.2. The van der Waals surface area contributed by atoms with E-state index in [2.05, 4.69) is 73.6 Å². The Labute approximate surface area is 174 Å². The average molecular weight is 395 g/mol. The minimum absolute atomic E-state index is 0.443. The van der Waals surface area contributed by atoms with Crippen molar-refractivity contribution >= 4 is 5.69 Å². The van der Waals surface area contributed by atoms with E-state index in [4.69, 9.17) is 4.52 Å². The average Bonchev–Trinajstić information content (AvgIpc) is 3.31. The van der Waals surface area contributed by atoms with Gasteiger partial charge < -0.3 is 9.42 Å². The molecule has 1 aliphatic heterocycles. The Kier molecular flexibility index (Phi) is 5.04. The number of rotatable bonds is 5. The molecule has 0 aliphatic carbocycles. The Hall–Kier alpha value is -3.80. The minimum atomic E-state index is 0.443. The van der Waals surface area contributed by atoms with Gasteiger partial charge in [-0.15, -0.1) is 0 Å². The summed E-state index contributed by atoms with van der Waals surface area (Å²) in [5.41, 5.74) is 3.89. The molecule has 0 saturated heterocycles. The molecule has 0 amide bonds. The van der Waals surface area contributed by atoms with E-state index >= 15 is 0 Å². The smallest absolute Gasteiger partial charge is 0.259 e. The zero-order chi connectivity index (χ0) is 20.2. The van der Waals surface area contributed by atoms with Crippen LogP contribution in [0, 0.1) is 5.92 Å². The predicted octanol–water partition coefficient (Wildman–Crippen LogP) is 4.43. The molecule has 6 nitrogen and oxygen atoms in total. The summed E-state index contributed by atoms with van der Waals surface area (Å²) in [6.45, 7) is 1.80. The molecule has 5 rings (SSSR count). The van der Waals surface area contributed by atoms with E-state index in [9.17, 15) is 0 Å². The molecule has 0 spiro atoms. The lowest BCUT2D eigenvalue weighted by molar-refractivity contribution is 0.432. The van der Waals surface area contributed by atoms with Gasteiger partial charge in [-0.3, -0.25) is 9.97 Å². The molecule has 0 bridgehead atoms. The van der Waals surface area contributed by atoms with E-state index in [0.29, 0.717) is 23.3 Å². The third-order valence-corrected chi connectivity index (χ3v) is 5.19. The minimum Gasteiger partial charge on any atom is -0.366 e. The van der Waals surface area contributed by atoms with Crippen molar-refractivity contribution in [3.63, 3.8) is 0 Å². The van der Waals surface area contributed by atoms with Crippen LogP contribution in [0.4, 0.5) is 5.69 Å². The molecule has 3 aromatic heterocycles. The van der Waals surface area contributed by atoms with Crippen LogP contribution >= 0.6 is 0 Å². The normalized spacial score (nSPS) is 16.0. The number of pyridine rings is 2. The van der Waals surface area contributed by atoms with Gasteiger partial charge >= 0.3 is 0 Å². The summed E-state index contributed by atoms with van der Waals surface area (Å²) in [7, 11) is 0. The van der Waals surface area contributed by atoms with Gasteiger partial charge in [0.15, 0.2) is 0 Å². The van der Waals surface area contributed by atoms with Crippen LogP contribution in [0.25, 0.3) is 23.0 Å². The molecule has 6 heteroatoms. The monoisotopic (exact) mass is 395 g/mol. The number of benzene rings is 1. The van der Waals surface area contributed by atoms with Crippen molar-refractivity contribution in [2.45, 2.75) is 6.42 Å². The highest BCUT2D eigenvalue weighted by molar-refractivity contribution is 5.62. The van der Waals surface area contributed by atoms with Crippen molar-refractivity contribution < 1.29 is 4.52 Å². The van der Waals surface area contributed by atoms with Crippen LogP contribution in [0.3, 0.4) is 0 Å². The van der Waals surface area contributed by atoms with Crippen LogP contribution in [-0.4, -0.2) is 33.2 Å². The van der Waals surface area contributed by atoms with Crippen molar-refractivity contribution in [2.24, 2.45) is 5.92 Å². The largest absolute Gasteiger partial charge is 0.366 e. The Balaban J connectivity index is 1.34. The molecule has 1 atom stereocenters. The number of aromatic nitrogens is 4. The molecule has 0 saturated carbocycles. The highest BCUT2D eigenvalue weighted by Crippen LogP contribution is 2.26. The van der Waals surface area contributed by atoms with Crippen molar-refractivity contribution in [1.29, 1.82) is 0 Å². The molecule has 1 aromatic carbocycles. The molecule has 30 heavy (non-hydrogen) atoms. The first-order chi connectivity index (χ1) is 14.8. The molecule has 148 valence electrons. The van der Waals surface area contributed by atoms with Crippen molar-refractivity contribution in [1.82, 2.24) is 20.1 Å². The molecule has 4 heterocycles. The van der Waals surface area contributed by atoms with Gasteiger partial charge in [-0.1, -0.05) is 53.7 Å². The highest BCUT2D eigenvalue weighted by atomic mass is 16.5. The maximum absolute atomic E-state index is 5.47. The van der Waals surface area contributed by atoms with Crippen LogP contribution < -0.4 is 4.90 Å². The second-order valence-electron chi connectivity index (χ2n) is 7.35. The number of hydrogen-bond donors (Lipinski definition) is 0. The zero-order valence-corrected chi connectivity index (χ0v) is 16.4. The first-order valence-electron chi connectivity index (χ1n) is 10.0. The van der Waals surface area contributed by atoms with Gasteiger partial charge in [-0.2, -0.15) is 4.98 Å². The summed E-state index contributed by atoms with van der Waals surface area (Å²) >= 11 is 0. The second kappa shape index (κ2) is 8.29. The molecule has 0 radical (unpaired) electrons. The van der Waals surface area contributed by atoms with E-state index in [-0.39, 0.29) is 0 Å². The van der Waals surface area contributed by atoms with Crippen LogP contribution in [0.1, 0.15) is 5.56 Å². The molecule has 4 aromatic rings. The molecule has 0 N–H and O–H groups in total. The van der Waals surface area contributed by atoms with E-state index in [1.165, 1.54) is 5.56 Å². The Morgan fingerprint density at radius 2 is 1.93 bits per heavy atom. The predicted molar refractivity (Wildman–Crippen MR) is 116 cm³/mol. The number of anilines is 1. The Morgan fingerprint density at radius 3 is 2.80 bits per heavy atom. The van der Waals surface area contributed by atoms with Crippen LogP contribution in [0.15, 0.2) is 89.9 Å². The van der Waals surface area contributed by atoms with Crippen molar-refractivity contribution in [2.75, 3.05) is 18.0 Å². The summed E-state index contributed by atoms with van der Waals surface area (Å²) in [6, 6.07) is 18.3. The van der Waals surface area contributed by atoms with Gasteiger partial charge in [0.2, 0.25) is 5.82 Å². The van der Waals surface area contributed by atoms with Crippen LogP contribution in [0.2, 0.25) is 0 Å². The molecule has 1 unspecified atom stereocenters. The lowest BCUT2D eigenvalue weighted by Gasteiger charge is -2.30. The maximum atomic E-state index is 5.47. The lowest BCUT2D eigenvalue weighted by atomic mass is 9.96. The summed E-state index contributed by atoms with van der Waals surface area (Å²) in [4.78, 5) is 15.5. The van der Waals surface area contributed by atoms with Crippen LogP contribution in [-0.2, 0) is 6.42 Å². The number of nitrogens with zero attached hydrogens (tertiary/aromatic N) is 5. The molecular weight excluding hydrogens is 374 g/mol. The standard InChI is InChI=1S/C24H21N5O/c1-2-7-18(8-3-1)13-19-9-6-12-29(17-19)21-14-20(15-25-16-21)24-27-23(28-30-24)22-10-4-5-11-26-22/h1-11,14-16,19H,12-13,17H2. The van der Waals surface area contributed by atoms with E-state index in [1.54, 1.807) is 12.4 Å². The fourth-order valence-electron chi connectivity index (χ4n) is 3.72. The number of hydrogen-bond acceptors (Lipinski definition) is 6. The lowest BCUT2D eigenvalue weighted by Crippen LogP contribution is -2.33. The van der Waals surface area contributed by atoms with Crippen molar-refractivity contribution in [3.8, 4) is 23.0 Å². The fraction of sp³-hybridized carbons (Fsp3) is 0.167. The van der Waals surface area contributed by atoms with Gasteiger partial charge in [-0.25, -0.2) is 0 Å². The summed E-state index contributed by atoms with van der Waals surface area (Å²) in [6.07, 6.45) is 10.9. The topological polar surface area (TPSA) is 67.9 Å². The summed E-state index contributed by atoms with van der Waals surface area (Å²) < 4.78 is 5.47.